The summed E-state index contributed by atoms with van der Waals surface area (Å²) in [6.07, 6.45) is 45.5. The molecule has 11 fully saturated rings. The number of hydrogen-bond acceptors (Lipinski definition) is 4. The van der Waals surface area contributed by atoms with Crippen LogP contribution in [-0.4, -0.2) is 56.2 Å². The Morgan fingerprint density at radius 1 is 0.346 bits per heavy atom. The molecule has 8 aliphatic carbocycles. The van der Waals surface area contributed by atoms with E-state index >= 15 is 0 Å². The summed E-state index contributed by atoms with van der Waals surface area (Å²) >= 11 is 5.17. The zero-order chi connectivity index (χ0) is 34.2. The Labute approximate surface area is 328 Å². The van der Waals surface area contributed by atoms with Crippen molar-refractivity contribution in [1.82, 2.24) is 4.90 Å². The number of fused-ring (bicyclic) bond motifs is 10. The minimum absolute atomic E-state index is 0.609. The zero-order valence-electron chi connectivity index (χ0n) is 33.1. The quantitative estimate of drug-likeness (QED) is 0.277. The Kier molecular flexibility index (Phi) is 10.6. The second-order valence-electron chi connectivity index (χ2n) is 21.6. The molecule has 0 spiro atoms. The molecule has 3 saturated heterocycles. The molecular weight excluding hydrogens is 671 g/mol. The summed E-state index contributed by atoms with van der Waals surface area (Å²) in [6, 6.07) is 2.63. The summed E-state index contributed by atoms with van der Waals surface area (Å²) in [7, 11) is 0. The molecule has 3 heterocycles. The molecule has 0 bridgehead atoms. The van der Waals surface area contributed by atoms with E-state index in [0.717, 1.165) is 98.3 Å². The first kappa shape index (κ1) is 35.8. The first-order valence-electron chi connectivity index (χ1n) is 24.5. The monoisotopic (exact) mass is 748 g/mol. The number of ether oxygens (including phenoxy) is 1. The Morgan fingerprint density at radius 2 is 0.962 bits per heavy atom. The largest absolute Gasteiger partial charge is 0.374 e. The van der Waals surface area contributed by atoms with Gasteiger partial charge in [0.15, 0.2) is 0 Å². The highest BCUT2D eigenvalue weighted by Crippen LogP contribution is 2.66. The molecule has 0 N–H and O–H groups in total. The normalized spacial score (nSPS) is 53.7. The van der Waals surface area contributed by atoms with E-state index in [1.807, 2.05) is 0 Å². The van der Waals surface area contributed by atoms with Gasteiger partial charge in [-0.05, 0) is 181 Å². The van der Waals surface area contributed by atoms with Gasteiger partial charge in [0, 0.05) is 39.1 Å². The van der Waals surface area contributed by atoms with E-state index in [9.17, 15) is 0 Å². The van der Waals surface area contributed by atoms with Crippen LogP contribution in [0.1, 0.15) is 186 Å². The van der Waals surface area contributed by atoms with Gasteiger partial charge >= 0.3 is 0 Å². The molecule has 11 rings (SSSR count). The molecule has 11 aliphatic rings. The van der Waals surface area contributed by atoms with Crippen molar-refractivity contribution in [2.24, 2.45) is 59.2 Å². The minimum Gasteiger partial charge on any atom is -0.374 e. The van der Waals surface area contributed by atoms with Crippen molar-refractivity contribution in [2.45, 2.75) is 238 Å². The van der Waals surface area contributed by atoms with Gasteiger partial charge < -0.3 is 4.74 Å². The van der Waals surface area contributed by atoms with Crippen LogP contribution in [0.4, 0.5) is 0 Å². The first-order valence-corrected chi connectivity index (χ1v) is 26.4. The van der Waals surface area contributed by atoms with E-state index < -0.39 is 0 Å². The van der Waals surface area contributed by atoms with Gasteiger partial charge in [-0.1, -0.05) is 64.2 Å². The standard InChI is InChI=1S/C48H77NOS2/c1-2-9-30(10-3-1)31-17-21-33(22-18-31)49(35-25-27-43-41(29-35)37-11-4-6-15-42(37)50-43)34-23-19-32(20-24-34)36-13-8-14-38-39-26-28-45-46(48(39)52-47(36)38)40-12-5-7-16-44(40)51-45/h30-48H,1-29H2. The van der Waals surface area contributed by atoms with Gasteiger partial charge in [-0.25, -0.2) is 0 Å². The fourth-order valence-electron chi connectivity index (χ4n) is 17.3. The van der Waals surface area contributed by atoms with Crippen LogP contribution in [-0.2, 0) is 4.74 Å². The van der Waals surface area contributed by atoms with Crippen molar-refractivity contribution in [3.8, 4) is 0 Å². The summed E-state index contributed by atoms with van der Waals surface area (Å²) in [5.74, 6) is 10.4. The molecule has 8 saturated carbocycles. The summed E-state index contributed by atoms with van der Waals surface area (Å²) in [5.41, 5.74) is 0. The van der Waals surface area contributed by atoms with Gasteiger partial charge in [-0.3, -0.25) is 4.90 Å². The maximum absolute atomic E-state index is 6.85. The number of hydrogen-bond donors (Lipinski definition) is 0. The van der Waals surface area contributed by atoms with Crippen LogP contribution in [0.15, 0.2) is 0 Å². The van der Waals surface area contributed by atoms with Crippen LogP contribution < -0.4 is 0 Å². The average Bonchev–Trinajstić information content (AvgIpc) is 3.90. The van der Waals surface area contributed by atoms with Crippen molar-refractivity contribution >= 4 is 23.5 Å². The molecule has 292 valence electrons. The summed E-state index contributed by atoms with van der Waals surface area (Å²) in [4.78, 5) is 3.35. The maximum atomic E-state index is 6.85. The van der Waals surface area contributed by atoms with Gasteiger partial charge in [0.25, 0.3) is 0 Å². The van der Waals surface area contributed by atoms with Crippen LogP contribution in [0.2, 0.25) is 0 Å². The molecule has 0 aromatic heterocycles. The summed E-state index contributed by atoms with van der Waals surface area (Å²) in [5, 5.41) is 4.16. The highest BCUT2D eigenvalue weighted by atomic mass is 32.2. The zero-order valence-corrected chi connectivity index (χ0v) is 34.8. The molecule has 0 aromatic rings. The Hall–Kier alpha value is 0.620. The van der Waals surface area contributed by atoms with Crippen molar-refractivity contribution in [3.05, 3.63) is 0 Å². The van der Waals surface area contributed by atoms with E-state index in [1.54, 1.807) is 89.9 Å². The molecule has 14 unspecified atom stereocenters. The highest BCUT2D eigenvalue weighted by molar-refractivity contribution is 8.02. The molecular formula is C48H77NOS2. The van der Waals surface area contributed by atoms with Crippen LogP contribution in [0, 0.1) is 59.2 Å². The van der Waals surface area contributed by atoms with Gasteiger partial charge in [0.1, 0.15) is 0 Å². The van der Waals surface area contributed by atoms with Crippen molar-refractivity contribution in [1.29, 1.82) is 0 Å². The molecule has 3 aliphatic heterocycles. The van der Waals surface area contributed by atoms with Gasteiger partial charge in [-0.2, -0.15) is 23.5 Å². The lowest BCUT2D eigenvalue weighted by Gasteiger charge is -2.52. The summed E-state index contributed by atoms with van der Waals surface area (Å²) < 4.78 is 6.85. The number of rotatable bonds is 5. The summed E-state index contributed by atoms with van der Waals surface area (Å²) in [6.45, 7) is 0. The Balaban J connectivity index is 0.780. The van der Waals surface area contributed by atoms with E-state index in [2.05, 4.69) is 28.4 Å². The smallest absolute Gasteiger partial charge is 0.0612 e. The lowest BCUT2D eigenvalue weighted by atomic mass is 9.62. The third-order valence-electron chi connectivity index (χ3n) is 19.5. The lowest BCUT2D eigenvalue weighted by Crippen LogP contribution is -2.54. The van der Waals surface area contributed by atoms with Gasteiger partial charge in [0.05, 0.1) is 12.2 Å². The fourth-order valence-corrected chi connectivity index (χ4v) is 22.1. The first-order chi connectivity index (χ1) is 25.8. The van der Waals surface area contributed by atoms with Crippen molar-refractivity contribution < 1.29 is 4.74 Å². The predicted octanol–water partition coefficient (Wildman–Crippen LogP) is 12.7. The Bertz CT molecular complexity index is 1200. The fraction of sp³-hybridized carbons (Fsp3) is 1.00. The predicted molar refractivity (Wildman–Crippen MR) is 221 cm³/mol. The van der Waals surface area contributed by atoms with E-state index in [-0.39, 0.29) is 0 Å². The lowest BCUT2D eigenvalue weighted by molar-refractivity contribution is -0.0375. The van der Waals surface area contributed by atoms with Crippen LogP contribution in [0.3, 0.4) is 0 Å². The van der Waals surface area contributed by atoms with Crippen LogP contribution in [0.5, 0.6) is 0 Å². The van der Waals surface area contributed by atoms with Crippen molar-refractivity contribution in [2.75, 3.05) is 0 Å². The molecule has 2 nitrogen and oxygen atoms in total. The van der Waals surface area contributed by atoms with Crippen LogP contribution in [0.25, 0.3) is 0 Å². The molecule has 0 aromatic carbocycles. The third kappa shape index (κ3) is 6.49. The number of nitrogens with zero attached hydrogens (tertiary/aromatic N) is 1. The van der Waals surface area contributed by atoms with E-state index in [4.69, 9.17) is 4.74 Å². The Morgan fingerprint density at radius 3 is 1.79 bits per heavy atom. The van der Waals surface area contributed by atoms with Gasteiger partial charge in [0.2, 0.25) is 0 Å². The van der Waals surface area contributed by atoms with E-state index in [1.165, 1.54) is 96.3 Å². The molecule has 0 amide bonds. The molecule has 4 heteroatoms. The maximum Gasteiger partial charge on any atom is 0.0612 e. The minimum atomic E-state index is 0.609. The molecule has 52 heavy (non-hydrogen) atoms. The second-order valence-corrected chi connectivity index (χ2v) is 24.4. The van der Waals surface area contributed by atoms with Crippen LogP contribution >= 0.6 is 23.5 Å². The van der Waals surface area contributed by atoms with Gasteiger partial charge in [-0.15, -0.1) is 0 Å². The average molecular weight is 748 g/mol. The number of thioether (sulfide) groups is 2. The SMILES string of the molecule is C1CCC(C2CCC(N(C3CCC(C4CCCC5C6CCC7SC8CCCCC8C7C6SC45)CC3)C3CCC4OC5CCCCC5C4C3)CC2)CC1. The highest BCUT2D eigenvalue weighted by Gasteiger charge is 2.59. The topological polar surface area (TPSA) is 12.5 Å². The third-order valence-corrected chi connectivity index (χ3v) is 23.4. The molecule has 14 atom stereocenters. The van der Waals surface area contributed by atoms with E-state index in [0.29, 0.717) is 12.2 Å². The second kappa shape index (κ2) is 15.4. The van der Waals surface area contributed by atoms with Crippen molar-refractivity contribution in [3.63, 3.8) is 0 Å². The molecule has 0 radical (unpaired) electrons.